The van der Waals surface area contributed by atoms with Gasteiger partial charge in [0.05, 0.1) is 0 Å². The Morgan fingerprint density at radius 2 is 1.67 bits per heavy atom. The minimum atomic E-state index is -0.905. The van der Waals surface area contributed by atoms with Crippen molar-refractivity contribution in [3.8, 4) is 5.75 Å². The van der Waals surface area contributed by atoms with Gasteiger partial charge in [-0.05, 0) is 65.2 Å². The van der Waals surface area contributed by atoms with Crippen molar-refractivity contribution in [3.63, 3.8) is 0 Å². The molecule has 0 aliphatic carbocycles. The summed E-state index contributed by atoms with van der Waals surface area (Å²) >= 11 is 0. The van der Waals surface area contributed by atoms with Gasteiger partial charge in [-0.3, -0.25) is 9.59 Å². The Kier molecular flexibility index (Phi) is 11.2. The number of nitrogens with zero attached hydrogens (tertiary/aromatic N) is 1. The number of phenols is 1. The molecule has 0 saturated carbocycles. The molecule has 1 aromatic rings. The average Bonchev–Trinajstić information content (AvgIpc) is 2.73. The second-order valence-corrected chi connectivity index (χ2v) is 9.36. The zero-order valence-electron chi connectivity index (χ0n) is 21.1. The molecular formula is C25H41N3O5. The molecule has 0 radical (unpaired) electrons. The Morgan fingerprint density at radius 3 is 2.18 bits per heavy atom. The van der Waals surface area contributed by atoms with Crippen LogP contribution in [0.5, 0.6) is 5.75 Å². The van der Waals surface area contributed by atoms with E-state index in [4.69, 9.17) is 4.74 Å². The predicted octanol–water partition coefficient (Wildman–Crippen LogP) is 4.28. The van der Waals surface area contributed by atoms with Crippen LogP contribution in [0.2, 0.25) is 0 Å². The summed E-state index contributed by atoms with van der Waals surface area (Å²) in [5, 5.41) is 15.3. The maximum Gasteiger partial charge on any atom is 0.408 e. The SMILES string of the molecule is CCCCCNC(=O)C(c1ccc(O)cc1)N(C(=O)C(C)NC(=O)OC(C)(C)C)C(C)CC. The highest BCUT2D eigenvalue weighted by atomic mass is 16.6. The number of hydrogen-bond donors (Lipinski definition) is 3. The number of carbonyl (C=O) groups excluding carboxylic acids is 3. The van der Waals surface area contributed by atoms with Crippen molar-refractivity contribution in [2.24, 2.45) is 0 Å². The molecule has 3 amide bonds. The van der Waals surface area contributed by atoms with E-state index >= 15 is 0 Å². The minimum absolute atomic E-state index is 0.0715. The lowest BCUT2D eigenvalue weighted by Crippen LogP contribution is -2.54. The lowest BCUT2D eigenvalue weighted by molar-refractivity contribution is -0.144. The van der Waals surface area contributed by atoms with E-state index in [9.17, 15) is 19.5 Å². The fourth-order valence-corrected chi connectivity index (χ4v) is 3.34. The number of unbranched alkanes of at least 4 members (excludes halogenated alkanes) is 2. The number of nitrogens with one attached hydrogen (secondary N) is 2. The number of phenolic OH excluding ortho intramolecular Hbond substituents is 1. The van der Waals surface area contributed by atoms with Gasteiger partial charge in [0.25, 0.3) is 0 Å². The van der Waals surface area contributed by atoms with Gasteiger partial charge in [0.2, 0.25) is 11.8 Å². The van der Waals surface area contributed by atoms with Gasteiger partial charge in [0.1, 0.15) is 23.4 Å². The number of rotatable bonds is 11. The summed E-state index contributed by atoms with van der Waals surface area (Å²) in [5.74, 6) is -0.617. The largest absolute Gasteiger partial charge is 0.508 e. The molecule has 0 saturated heterocycles. The van der Waals surface area contributed by atoms with E-state index in [0.717, 1.165) is 19.3 Å². The van der Waals surface area contributed by atoms with Crippen LogP contribution in [0.15, 0.2) is 24.3 Å². The minimum Gasteiger partial charge on any atom is -0.508 e. The van der Waals surface area contributed by atoms with Gasteiger partial charge in [-0.2, -0.15) is 0 Å². The Balaban J connectivity index is 3.24. The summed E-state index contributed by atoms with van der Waals surface area (Å²) in [6.45, 7) is 13.2. The number of ether oxygens (including phenoxy) is 1. The quantitative estimate of drug-likeness (QED) is 0.425. The van der Waals surface area contributed by atoms with Crippen LogP contribution in [-0.2, 0) is 14.3 Å². The van der Waals surface area contributed by atoms with Crippen LogP contribution in [0, 0.1) is 0 Å². The van der Waals surface area contributed by atoms with Gasteiger partial charge in [0, 0.05) is 12.6 Å². The lowest BCUT2D eigenvalue weighted by atomic mass is 10.00. The van der Waals surface area contributed by atoms with Crippen molar-refractivity contribution in [1.82, 2.24) is 15.5 Å². The Morgan fingerprint density at radius 1 is 1.06 bits per heavy atom. The third kappa shape index (κ3) is 9.32. The second kappa shape index (κ2) is 13.1. The smallest absolute Gasteiger partial charge is 0.408 e. The zero-order valence-corrected chi connectivity index (χ0v) is 21.1. The first-order chi connectivity index (χ1) is 15.4. The Hall–Kier alpha value is -2.77. The molecule has 0 bridgehead atoms. The molecule has 0 aromatic heterocycles. The lowest BCUT2D eigenvalue weighted by Gasteiger charge is -2.37. The van der Waals surface area contributed by atoms with Gasteiger partial charge < -0.3 is 25.4 Å². The monoisotopic (exact) mass is 463 g/mol. The highest BCUT2D eigenvalue weighted by molar-refractivity contribution is 5.92. The normalized spacial score (nSPS) is 14.0. The molecule has 186 valence electrons. The van der Waals surface area contributed by atoms with E-state index in [1.165, 1.54) is 17.0 Å². The van der Waals surface area contributed by atoms with Gasteiger partial charge in [-0.25, -0.2) is 4.79 Å². The molecule has 0 spiro atoms. The van der Waals surface area contributed by atoms with Crippen LogP contribution < -0.4 is 10.6 Å². The third-order valence-corrected chi connectivity index (χ3v) is 5.24. The third-order valence-electron chi connectivity index (χ3n) is 5.24. The molecule has 8 heteroatoms. The highest BCUT2D eigenvalue weighted by Gasteiger charge is 2.37. The van der Waals surface area contributed by atoms with Crippen molar-refractivity contribution >= 4 is 17.9 Å². The number of benzene rings is 1. The first-order valence-corrected chi connectivity index (χ1v) is 11.8. The van der Waals surface area contributed by atoms with Crippen LogP contribution in [0.25, 0.3) is 0 Å². The van der Waals surface area contributed by atoms with Crippen LogP contribution in [-0.4, -0.2) is 52.1 Å². The average molecular weight is 464 g/mol. The van der Waals surface area contributed by atoms with Crippen molar-refractivity contribution in [1.29, 1.82) is 0 Å². The molecule has 33 heavy (non-hydrogen) atoms. The maximum absolute atomic E-state index is 13.5. The van der Waals surface area contributed by atoms with Crippen molar-refractivity contribution in [2.75, 3.05) is 6.54 Å². The van der Waals surface area contributed by atoms with Crippen LogP contribution in [0.1, 0.15) is 85.8 Å². The number of aromatic hydroxyl groups is 1. The topological polar surface area (TPSA) is 108 Å². The highest BCUT2D eigenvalue weighted by Crippen LogP contribution is 2.27. The van der Waals surface area contributed by atoms with Gasteiger partial charge in [-0.15, -0.1) is 0 Å². The molecule has 3 atom stereocenters. The number of carbonyl (C=O) groups is 3. The first-order valence-electron chi connectivity index (χ1n) is 11.8. The van der Waals surface area contributed by atoms with E-state index in [-0.39, 0.29) is 17.7 Å². The number of amides is 3. The van der Waals surface area contributed by atoms with Crippen LogP contribution in [0.4, 0.5) is 4.79 Å². The standard InChI is InChI=1S/C25H41N3O5/c1-8-10-11-16-26-22(30)21(19-12-14-20(29)15-13-19)28(17(3)9-2)23(31)18(4)27-24(32)33-25(5,6)7/h12-15,17-18,21,29H,8-11,16H2,1-7H3,(H,26,30)(H,27,32). The summed E-state index contributed by atoms with van der Waals surface area (Å²) in [5.41, 5.74) is -0.116. The maximum atomic E-state index is 13.5. The summed E-state index contributed by atoms with van der Waals surface area (Å²) in [6, 6.07) is 4.18. The van der Waals surface area contributed by atoms with Crippen LogP contribution in [0.3, 0.4) is 0 Å². The first kappa shape index (κ1) is 28.3. The molecule has 0 heterocycles. The van der Waals surface area contributed by atoms with E-state index in [1.54, 1.807) is 39.8 Å². The molecule has 0 aliphatic heterocycles. The van der Waals surface area contributed by atoms with Gasteiger partial charge in [-0.1, -0.05) is 38.8 Å². The zero-order chi connectivity index (χ0) is 25.2. The summed E-state index contributed by atoms with van der Waals surface area (Å²) in [4.78, 5) is 40.6. The molecular weight excluding hydrogens is 422 g/mol. The van der Waals surface area contributed by atoms with E-state index in [0.29, 0.717) is 18.5 Å². The molecule has 1 rings (SSSR count). The molecule has 3 unspecified atom stereocenters. The number of hydrogen-bond acceptors (Lipinski definition) is 5. The molecule has 1 aromatic carbocycles. The van der Waals surface area contributed by atoms with Crippen molar-refractivity contribution in [3.05, 3.63) is 29.8 Å². The fourth-order valence-electron chi connectivity index (χ4n) is 3.34. The molecule has 3 N–H and O–H groups in total. The molecule has 0 fully saturated rings. The summed E-state index contributed by atoms with van der Waals surface area (Å²) < 4.78 is 5.28. The molecule has 8 nitrogen and oxygen atoms in total. The fraction of sp³-hybridized carbons (Fsp3) is 0.640. The Bertz CT molecular complexity index is 773. The van der Waals surface area contributed by atoms with E-state index < -0.39 is 29.7 Å². The molecule has 0 aliphatic rings. The summed E-state index contributed by atoms with van der Waals surface area (Å²) in [6.07, 6.45) is 2.79. The van der Waals surface area contributed by atoms with Gasteiger partial charge >= 0.3 is 6.09 Å². The van der Waals surface area contributed by atoms with E-state index in [2.05, 4.69) is 17.6 Å². The number of alkyl carbamates (subject to hydrolysis) is 1. The summed E-state index contributed by atoms with van der Waals surface area (Å²) in [7, 11) is 0. The van der Waals surface area contributed by atoms with Crippen LogP contribution >= 0.6 is 0 Å². The Labute approximate surface area is 198 Å². The van der Waals surface area contributed by atoms with Crippen molar-refractivity contribution < 1.29 is 24.2 Å². The van der Waals surface area contributed by atoms with E-state index in [1.807, 2.05) is 13.8 Å². The second-order valence-electron chi connectivity index (χ2n) is 9.36. The van der Waals surface area contributed by atoms with Gasteiger partial charge in [0.15, 0.2) is 0 Å². The predicted molar refractivity (Wildman–Crippen MR) is 129 cm³/mol. The van der Waals surface area contributed by atoms with Crippen molar-refractivity contribution in [2.45, 2.75) is 97.9 Å².